The van der Waals surface area contributed by atoms with Crippen LogP contribution in [0.1, 0.15) is 44.7 Å². The van der Waals surface area contributed by atoms with E-state index in [9.17, 15) is 0 Å². The van der Waals surface area contributed by atoms with Crippen molar-refractivity contribution in [3.8, 4) is 5.75 Å². The van der Waals surface area contributed by atoms with Crippen LogP contribution in [0, 0.1) is 6.92 Å². The summed E-state index contributed by atoms with van der Waals surface area (Å²) in [5.41, 5.74) is 3.49. The second kappa shape index (κ2) is 7.29. The molecule has 2 rings (SSSR count). The predicted octanol–water partition coefficient (Wildman–Crippen LogP) is 4.57. The van der Waals surface area contributed by atoms with E-state index in [4.69, 9.17) is 14.5 Å². The Bertz CT molecular complexity index is 635. The third kappa shape index (κ3) is 3.70. The lowest BCUT2D eigenvalue weighted by atomic mass is 9.99. The molecule has 1 aromatic carbocycles. The zero-order chi connectivity index (χ0) is 16.3. The van der Waals surface area contributed by atoms with Gasteiger partial charge in [0.15, 0.2) is 5.13 Å². The van der Waals surface area contributed by atoms with E-state index in [-0.39, 0.29) is 6.10 Å². The van der Waals surface area contributed by atoms with Crippen molar-refractivity contribution in [2.45, 2.75) is 46.6 Å². The van der Waals surface area contributed by atoms with Gasteiger partial charge in [-0.3, -0.25) is 0 Å². The maximum absolute atomic E-state index is 6.04. The van der Waals surface area contributed by atoms with Crippen LogP contribution in [-0.4, -0.2) is 31.3 Å². The van der Waals surface area contributed by atoms with Crippen molar-refractivity contribution in [2.24, 2.45) is 0 Å². The summed E-state index contributed by atoms with van der Waals surface area (Å²) in [5, 5.41) is 4.27. The predicted molar refractivity (Wildman–Crippen MR) is 94.6 cm³/mol. The van der Waals surface area contributed by atoms with Crippen molar-refractivity contribution in [1.82, 2.24) is 4.98 Å². The van der Waals surface area contributed by atoms with Crippen LogP contribution >= 0.6 is 11.3 Å². The van der Waals surface area contributed by atoms with E-state index in [1.807, 2.05) is 0 Å². The molecule has 0 radical (unpaired) electrons. The number of ether oxygens (including phenoxy) is 2. The maximum atomic E-state index is 6.04. The zero-order valence-corrected chi connectivity index (χ0v) is 15.1. The van der Waals surface area contributed by atoms with Gasteiger partial charge in [-0.1, -0.05) is 25.2 Å². The molecule has 122 valence electrons. The molecule has 0 amide bonds. The normalized spacial score (nSPS) is 11.6. The molecular weight excluding hydrogens is 296 g/mol. The number of anilines is 1. The van der Waals surface area contributed by atoms with E-state index in [2.05, 4.69) is 46.0 Å². The molecule has 1 aromatic heterocycles. The van der Waals surface area contributed by atoms with Gasteiger partial charge in [0.05, 0.1) is 22.9 Å². The highest BCUT2D eigenvalue weighted by Crippen LogP contribution is 2.40. The Labute approximate surface area is 136 Å². The second-order valence-electron chi connectivity index (χ2n) is 6.04. The summed E-state index contributed by atoms with van der Waals surface area (Å²) < 4.78 is 12.3. The third-order valence-electron chi connectivity index (χ3n) is 3.38. The number of aromatic nitrogens is 1. The number of nitrogens with zero attached hydrogens (tertiary/aromatic N) is 1. The van der Waals surface area contributed by atoms with Gasteiger partial charge < -0.3 is 14.8 Å². The number of hydrogen-bond donors (Lipinski definition) is 1. The Kier molecular flexibility index (Phi) is 5.64. The monoisotopic (exact) mass is 322 g/mol. The third-order valence-corrected chi connectivity index (χ3v) is 4.43. The summed E-state index contributed by atoms with van der Waals surface area (Å²) in [6.45, 7) is 12.1. The number of thiazole rings is 1. The van der Waals surface area contributed by atoms with Crippen molar-refractivity contribution in [3.05, 3.63) is 17.2 Å². The van der Waals surface area contributed by atoms with Gasteiger partial charge >= 0.3 is 0 Å². The van der Waals surface area contributed by atoms with Crippen LogP contribution in [0.5, 0.6) is 5.75 Å². The van der Waals surface area contributed by atoms with Crippen LogP contribution in [0.15, 0.2) is 6.07 Å². The Morgan fingerprint density at radius 1 is 1.27 bits per heavy atom. The van der Waals surface area contributed by atoms with Crippen LogP contribution in [-0.2, 0) is 4.74 Å². The minimum absolute atomic E-state index is 0.168. The maximum Gasteiger partial charge on any atom is 0.183 e. The largest absolute Gasteiger partial charge is 0.491 e. The quantitative estimate of drug-likeness (QED) is 0.758. The smallest absolute Gasteiger partial charge is 0.183 e. The highest BCUT2D eigenvalue weighted by atomic mass is 32.1. The average molecular weight is 322 g/mol. The minimum atomic E-state index is 0.168. The lowest BCUT2D eigenvalue weighted by molar-refractivity contribution is 0.211. The van der Waals surface area contributed by atoms with E-state index in [1.54, 1.807) is 18.4 Å². The van der Waals surface area contributed by atoms with Gasteiger partial charge in [-0.25, -0.2) is 4.98 Å². The molecule has 0 atom stereocenters. The molecule has 0 fully saturated rings. The molecule has 0 aliphatic heterocycles. The number of hydrogen-bond acceptors (Lipinski definition) is 5. The van der Waals surface area contributed by atoms with Crippen LogP contribution in [0.2, 0.25) is 0 Å². The van der Waals surface area contributed by atoms with Gasteiger partial charge in [-0.15, -0.1) is 0 Å². The van der Waals surface area contributed by atoms with Crippen LogP contribution in [0.3, 0.4) is 0 Å². The van der Waals surface area contributed by atoms with Crippen molar-refractivity contribution in [2.75, 3.05) is 25.6 Å². The number of rotatable bonds is 7. The number of aryl methyl sites for hydroxylation is 1. The topological polar surface area (TPSA) is 43.4 Å². The summed E-state index contributed by atoms with van der Waals surface area (Å²) in [6.07, 6.45) is 0.168. The number of methoxy groups -OCH3 is 1. The minimum Gasteiger partial charge on any atom is -0.491 e. The van der Waals surface area contributed by atoms with Gasteiger partial charge in [0.25, 0.3) is 0 Å². The second-order valence-corrected chi connectivity index (χ2v) is 7.04. The van der Waals surface area contributed by atoms with E-state index in [1.165, 1.54) is 10.3 Å². The average Bonchev–Trinajstić information content (AvgIpc) is 2.82. The first-order valence-corrected chi connectivity index (χ1v) is 8.59. The molecule has 0 aliphatic carbocycles. The lowest BCUT2D eigenvalue weighted by Gasteiger charge is -2.18. The Morgan fingerprint density at radius 3 is 2.59 bits per heavy atom. The van der Waals surface area contributed by atoms with Crippen molar-refractivity contribution in [3.63, 3.8) is 0 Å². The molecule has 0 saturated heterocycles. The molecule has 0 spiro atoms. The van der Waals surface area contributed by atoms with Crippen LogP contribution < -0.4 is 10.1 Å². The molecular formula is C17H26N2O2S. The molecule has 4 nitrogen and oxygen atoms in total. The van der Waals surface area contributed by atoms with E-state index in [0.717, 1.165) is 28.5 Å². The zero-order valence-electron chi connectivity index (χ0n) is 14.3. The highest BCUT2D eigenvalue weighted by molar-refractivity contribution is 7.22. The summed E-state index contributed by atoms with van der Waals surface area (Å²) in [7, 11) is 1.70. The number of fused-ring (bicyclic) bond motifs is 1. The highest BCUT2D eigenvalue weighted by Gasteiger charge is 2.19. The SMILES string of the molecule is COCCNc1nc2c(C)cc(OC(C)C)c(C(C)C)c2s1. The van der Waals surface area contributed by atoms with Gasteiger partial charge in [-0.05, 0) is 38.3 Å². The van der Waals surface area contributed by atoms with Crippen molar-refractivity contribution >= 4 is 26.7 Å². The molecule has 1 heterocycles. The lowest BCUT2D eigenvalue weighted by Crippen LogP contribution is -2.08. The standard InChI is InChI=1S/C17H26N2O2S/c1-10(2)14-13(21-11(3)4)9-12(5)15-16(14)22-17(19-15)18-7-8-20-6/h9-11H,7-8H2,1-6H3,(H,18,19). The first-order valence-electron chi connectivity index (χ1n) is 7.77. The van der Waals surface area contributed by atoms with Crippen molar-refractivity contribution in [1.29, 1.82) is 0 Å². The molecule has 1 N–H and O–H groups in total. The number of nitrogens with one attached hydrogen (secondary N) is 1. The molecule has 0 unspecified atom stereocenters. The van der Waals surface area contributed by atoms with E-state index < -0.39 is 0 Å². The fourth-order valence-corrected chi connectivity index (χ4v) is 3.71. The van der Waals surface area contributed by atoms with Gasteiger partial charge in [-0.2, -0.15) is 0 Å². The number of benzene rings is 1. The molecule has 0 aliphatic rings. The Hall–Kier alpha value is -1.33. The Balaban J connectivity index is 2.48. The van der Waals surface area contributed by atoms with Gasteiger partial charge in [0.2, 0.25) is 0 Å². The molecule has 0 bridgehead atoms. The van der Waals surface area contributed by atoms with Crippen molar-refractivity contribution < 1.29 is 9.47 Å². The fraction of sp³-hybridized carbons (Fsp3) is 0.588. The fourth-order valence-electron chi connectivity index (χ4n) is 2.46. The molecule has 5 heteroatoms. The summed E-state index contributed by atoms with van der Waals surface area (Å²) in [6, 6.07) is 2.12. The first-order chi connectivity index (χ1) is 10.4. The molecule has 0 saturated carbocycles. The van der Waals surface area contributed by atoms with Gasteiger partial charge in [0.1, 0.15) is 5.75 Å². The van der Waals surface area contributed by atoms with Gasteiger partial charge in [0, 0.05) is 19.2 Å². The molecule has 22 heavy (non-hydrogen) atoms. The summed E-state index contributed by atoms with van der Waals surface area (Å²) >= 11 is 1.70. The first kappa shape index (κ1) is 17.0. The van der Waals surface area contributed by atoms with Crippen LogP contribution in [0.25, 0.3) is 10.2 Å². The summed E-state index contributed by atoms with van der Waals surface area (Å²) in [5.74, 6) is 1.38. The van der Waals surface area contributed by atoms with E-state index >= 15 is 0 Å². The van der Waals surface area contributed by atoms with E-state index in [0.29, 0.717) is 12.5 Å². The van der Waals surface area contributed by atoms with Crippen LogP contribution in [0.4, 0.5) is 5.13 Å². The summed E-state index contributed by atoms with van der Waals surface area (Å²) in [4.78, 5) is 4.74. The Morgan fingerprint density at radius 2 is 2.00 bits per heavy atom. The molecule has 2 aromatic rings.